The summed E-state index contributed by atoms with van der Waals surface area (Å²) in [6, 6.07) is 9.83. The Morgan fingerprint density at radius 3 is 2.48 bits per heavy atom. The van der Waals surface area contributed by atoms with E-state index in [1.165, 1.54) is 28.8 Å². The predicted molar refractivity (Wildman–Crippen MR) is 112 cm³/mol. The molecule has 0 unspecified atom stereocenters. The number of hydrogen-bond acceptors (Lipinski definition) is 3. The molecule has 2 N–H and O–H groups in total. The number of urea groups is 1. The van der Waals surface area contributed by atoms with Crippen LogP contribution < -0.4 is 16.3 Å². The highest BCUT2D eigenvalue weighted by Gasteiger charge is 2.33. The molecule has 3 aromatic rings. The molecule has 0 bridgehead atoms. The summed E-state index contributed by atoms with van der Waals surface area (Å²) >= 11 is 0. The summed E-state index contributed by atoms with van der Waals surface area (Å²) in [4.78, 5) is 24.8. The summed E-state index contributed by atoms with van der Waals surface area (Å²) in [7, 11) is 0. The molecule has 7 nitrogen and oxygen atoms in total. The molecule has 4 rings (SSSR count). The van der Waals surface area contributed by atoms with Crippen molar-refractivity contribution in [2.45, 2.75) is 38.1 Å². The van der Waals surface area contributed by atoms with E-state index in [0.29, 0.717) is 0 Å². The smallest absolute Gasteiger partial charge is 0.336 e. The van der Waals surface area contributed by atoms with Crippen LogP contribution in [0.15, 0.2) is 53.3 Å². The average molecular weight is 463 g/mol. The molecular weight excluding hydrogens is 442 g/mol. The molecule has 0 spiro atoms. The van der Waals surface area contributed by atoms with Crippen LogP contribution in [0.1, 0.15) is 30.0 Å². The topological polar surface area (TPSA) is 81.0 Å². The molecule has 33 heavy (non-hydrogen) atoms. The lowest BCUT2D eigenvalue weighted by Crippen LogP contribution is -2.38. The van der Waals surface area contributed by atoms with E-state index in [0.717, 1.165) is 35.2 Å². The molecule has 2 aromatic carbocycles. The quantitative estimate of drug-likeness (QED) is 0.525. The van der Waals surface area contributed by atoms with Crippen molar-refractivity contribution in [1.82, 2.24) is 25.0 Å². The molecule has 11 heteroatoms. The first-order chi connectivity index (χ1) is 15.7. The van der Waals surface area contributed by atoms with Gasteiger partial charge in [-0.3, -0.25) is 4.57 Å². The van der Waals surface area contributed by atoms with E-state index in [1.807, 2.05) is 0 Å². The SMILES string of the molecule is O=C(NCCn1nc(-c2cccc(C(F)(F)F)c2)n(C2CC2)c1=O)NCc1ccc(F)cc1. The number of benzene rings is 2. The van der Waals surface area contributed by atoms with Crippen LogP contribution in [0, 0.1) is 5.82 Å². The van der Waals surface area contributed by atoms with E-state index < -0.39 is 23.5 Å². The molecule has 1 fully saturated rings. The molecule has 1 heterocycles. The second-order valence-electron chi connectivity index (χ2n) is 7.74. The Hall–Kier alpha value is -3.63. The van der Waals surface area contributed by atoms with Crippen LogP contribution in [0.2, 0.25) is 0 Å². The van der Waals surface area contributed by atoms with Gasteiger partial charge in [0.25, 0.3) is 0 Å². The van der Waals surface area contributed by atoms with E-state index in [2.05, 4.69) is 15.7 Å². The zero-order chi connectivity index (χ0) is 23.6. The van der Waals surface area contributed by atoms with Gasteiger partial charge >= 0.3 is 17.9 Å². The van der Waals surface area contributed by atoms with Gasteiger partial charge in [0.15, 0.2) is 5.82 Å². The minimum absolute atomic E-state index is 0.0501. The first-order valence-corrected chi connectivity index (χ1v) is 10.4. The Kier molecular flexibility index (Phi) is 6.21. The summed E-state index contributed by atoms with van der Waals surface area (Å²) < 4.78 is 54.8. The first-order valence-electron chi connectivity index (χ1n) is 10.4. The number of amides is 2. The van der Waals surface area contributed by atoms with Crippen LogP contribution in [0.25, 0.3) is 11.4 Å². The maximum atomic E-state index is 13.1. The van der Waals surface area contributed by atoms with Gasteiger partial charge in [-0.2, -0.15) is 13.2 Å². The minimum atomic E-state index is -4.51. The molecule has 2 amide bonds. The van der Waals surface area contributed by atoms with Crippen LogP contribution in [0.4, 0.5) is 22.4 Å². The second-order valence-corrected chi connectivity index (χ2v) is 7.74. The lowest BCUT2D eigenvalue weighted by molar-refractivity contribution is -0.137. The van der Waals surface area contributed by atoms with Gasteiger partial charge in [-0.15, -0.1) is 5.10 Å². The molecule has 1 aromatic heterocycles. The Balaban J connectivity index is 1.42. The average Bonchev–Trinajstić information content (AvgIpc) is 3.56. The van der Waals surface area contributed by atoms with Crippen LogP contribution in [-0.4, -0.2) is 26.9 Å². The third-order valence-electron chi connectivity index (χ3n) is 5.21. The van der Waals surface area contributed by atoms with Gasteiger partial charge in [0.2, 0.25) is 0 Å². The molecule has 174 valence electrons. The van der Waals surface area contributed by atoms with Crippen molar-refractivity contribution in [3.63, 3.8) is 0 Å². The molecule has 1 saturated carbocycles. The summed E-state index contributed by atoms with van der Waals surface area (Å²) in [5.74, 6) is -0.196. The van der Waals surface area contributed by atoms with Gasteiger partial charge in [0, 0.05) is 24.7 Å². The van der Waals surface area contributed by atoms with E-state index in [9.17, 15) is 27.2 Å². The minimum Gasteiger partial charge on any atom is -0.336 e. The van der Waals surface area contributed by atoms with E-state index in [1.54, 1.807) is 12.1 Å². The first kappa shape index (κ1) is 22.6. The van der Waals surface area contributed by atoms with Crippen molar-refractivity contribution in [1.29, 1.82) is 0 Å². The second kappa shape index (κ2) is 9.08. The fraction of sp³-hybridized carbons (Fsp3) is 0.318. The molecule has 1 aliphatic carbocycles. The van der Waals surface area contributed by atoms with Crippen molar-refractivity contribution in [2.75, 3.05) is 6.54 Å². The number of nitrogens with zero attached hydrogens (tertiary/aromatic N) is 3. The highest BCUT2D eigenvalue weighted by Crippen LogP contribution is 2.37. The molecule has 0 saturated heterocycles. The van der Waals surface area contributed by atoms with Crippen molar-refractivity contribution in [3.8, 4) is 11.4 Å². The molecular formula is C22H21F4N5O2. The third kappa shape index (κ3) is 5.41. The number of alkyl halides is 3. The van der Waals surface area contributed by atoms with E-state index in [4.69, 9.17) is 0 Å². The van der Waals surface area contributed by atoms with Crippen LogP contribution >= 0.6 is 0 Å². The number of halogens is 4. The zero-order valence-electron chi connectivity index (χ0n) is 17.4. The van der Waals surface area contributed by atoms with Crippen molar-refractivity contribution in [2.24, 2.45) is 0 Å². The lowest BCUT2D eigenvalue weighted by atomic mass is 10.1. The van der Waals surface area contributed by atoms with Crippen molar-refractivity contribution in [3.05, 3.63) is 76.0 Å². The van der Waals surface area contributed by atoms with Crippen LogP contribution in [-0.2, 0) is 19.3 Å². The van der Waals surface area contributed by atoms with Crippen LogP contribution in [0.3, 0.4) is 0 Å². The van der Waals surface area contributed by atoms with Gasteiger partial charge in [0.05, 0.1) is 12.1 Å². The van der Waals surface area contributed by atoms with Crippen LogP contribution in [0.5, 0.6) is 0 Å². The number of carbonyl (C=O) groups is 1. The van der Waals surface area contributed by atoms with Crippen molar-refractivity contribution >= 4 is 6.03 Å². The number of hydrogen-bond donors (Lipinski definition) is 2. The van der Waals surface area contributed by atoms with Crippen molar-refractivity contribution < 1.29 is 22.4 Å². The predicted octanol–water partition coefficient (Wildman–Crippen LogP) is 3.70. The summed E-state index contributed by atoms with van der Waals surface area (Å²) in [6.07, 6.45) is -3.00. The number of nitrogens with one attached hydrogen (secondary N) is 2. The molecule has 0 radical (unpaired) electrons. The maximum absolute atomic E-state index is 13.1. The summed E-state index contributed by atoms with van der Waals surface area (Å²) in [6.45, 7) is 0.329. The lowest BCUT2D eigenvalue weighted by Gasteiger charge is -2.09. The number of rotatable bonds is 7. The monoisotopic (exact) mass is 463 g/mol. The van der Waals surface area contributed by atoms with Gasteiger partial charge < -0.3 is 10.6 Å². The van der Waals surface area contributed by atoms with E-state index in [-0.39, 0.29) is 42.9 Å². The Bertz CT molecular complexity index is 1200. The third-order valence-corrected chi connectivity index (χ3v) is 5.21. The zero-order valence-corrected chi connectivity index (χ0v) is 17.4. The molecule has 0 atom stereocenters. The standard InChI is InChI=1S/C22H21F4N5O2/c23-17-6-4-14(5-7-17)13-28-20(32)27-10-11-30-21(33)31(18-8-9-18)19(29-30)15-2-1-3-16(12-15)22(24,25)26/h1-7,12,18H,8-11,13H2,(H2,27,28,32). The maximum Gasteiger partial charge on any atom is 0.416 e. The van der Waals surface area contributed by atoms with Gasteiger partial charge in [-0.05, 0) is 42.7 Å². The molecule has 1 aliphatic rings. The van der Waals surface area contributed by atoms with Gasteiger partial charge in [0.1, 0.15) is 5.82 Å². The Morgan fingerprint density at radius 1 is 1.09 bits per heavy atom. The summed E-state index contributed by atoms with van der Waals surface area (Å²) in [5, 5.41) is 9.47. The fourth-order valence-electron chi connectivity index (χ4n) is 3.38. The highest BCUT2D eigenvalue weighted by atomic mass is 19.4. The molecule has 0 aliphatic heterocycles. The summed E-state index contributed by atoms with van der Waals surface area (Å²) in [5.41, 5.74) is -0.323. The number of carbonyl (C=O) groups excluding carboxylic acids is 1. The Labute approximate surface area is 186 Å². The van der Waals surface area contributed by atoms with Gasteiger partial charge in [-0.1, -0.05) is 24.3 Å². The fourth-order valence-corrected chi connectivity index (χ4v) is 3.38. The highest BCUT2D eigenvalue weighted by molar-refractivity contribution is 5.73. The van der Waals surface area contributed by atoms with E-state index >= 15 is 0 Å². The largest absolute Gasteiger partial charge is 0.416 e. The normalized spacial score (nSPS) is 13.7. The Morgan fingerprint density at radius 2 is 1.82 bits per heavy atom. The number of aromatic nitrogens is 3. The van der Waals surface area contributed by atoms with Gasteiger partial charge in [-0.25, -0.2) is 18.7 Å².